The van der Waals surface area contributed by atoms with Gasteiger partial charge in [0.15, 0.2) is 0 Å². The Kier molecular flexibility index (Phi) is 4.39. The standard InChI is InChI=1S/C12H25NO/c1-10(2)13-9-11-5-7-12(3,14-4)8-6-11/h10-11,13H,5-9H2,1-4H3/t11-,12-. The van der Waals surface area contributed by atoms with Crippen LogP contribution in [0, 0.1) is 5.92 Å². The zero-order valence-corrected chi connectivity index (χ0v) is 10.1. The van der Waals surface area contributed by atoms with Gasteiger partial charge in [-0.2, -0.15) is 0 Å². The van der Waals surface area contributed by atoms with Crippen molar-refractivity contribution in [2.24, 2.45) is 5.92 Å². The highest BCUT2D eigenvalue weighted by Gasteiger charge is 2.30. The molecule has 0 spiro atoms. The largest absolute Gasteiger partial charge is 0.379 e. The zero-order valence-electron chi connectivity index (χ0n) is 10.1. The van der Waals surface area contributed by atoms with E-state index in [1.807, 2.05) is 7.11 Å². The Morgan fingerprint density at radius 2 is 1.93 bits per heavy atom. The van der Waals surface area contributed by atoms with Crippen molar-refractivity contribution in [3.63, 3.8) is 0 Å². The van der Waals surface area contributed by atoms with Crippen LogP contribution in [0.5, 0.6) is 0 Å². The lowest BCUT2D eigenvalue weighted by atomic mass is 9.79. The van der Waals surface area contributed by atoms with Gasteiger partial charge >= 0.3 is 0 Å². The quantitative estimate of drug-likeness (QED) is 0.751. The molecule has 1 saturated carbocycles. The molecule has 1 fully saturated rings. The van der Waals surface area contributed by atoms with Gasteiger partial charge in [0, 0.05) is 13.2 Å². The molecule has 84 valence electrons. The smallest absolute Gasteiger partial charge is 0.0651 e. The first-order valence-corrected chi connectivity index (χ1v) is 5.84. The van der Waals surface area contributed by atoms with Crippen molar-refractivity contribution >= 4 is 0 Å². The minimum absolute atomic E-state index is 0.161. The van der Waals surface area contributed by atoms with E-state index in [1.54, 1.807) is 0 Å². The van der Waals surface area contributed by atoms with Gasteiger partial charge in [-0.3, -0.25) is 0 Å². The fourth-order valence-electron chi connectivity index (χ4n) is 2.10. The molecule has 2 nitrogen and oxygen atoms in total. The van der Waals surface area contributed by atoms with Crippen LogP contribution < -0.4 is 5.32 Å². The second kappa shape index (κ2) is 5.13. The summed E-state index contributed by atoms with van der Waals surface area (Å²) in [5.41, 5.74) is 0.161. The van der Waals surface area contributed by atoms with E-state index in [2.05, 4.69) is 26.1 Å². The summed E-state index contributed by atoms with van der Waals surface area (Å²) in [5.74, 6) is 0.862. The molecule has 1 rings (SSSR count). The molecular formula is C12H25NO. The Bertz CT molecular complexity index is 160. The molecule has 0 amide bonds. The summed E-state index contributed by atoms with van der Waals surface area (Å²) in [6.07, 6.45) is 5.05. The van der Waals surface area contributed by atoms with E-state index < -0.39 is 0 Å². The van der Waals surface area contributed by atoms with Crippen molar-refractivity contribution in [3.05, 3.63) is 0 Å². The number of rotatable bonds is 4. The maximum Gasteiger partial charge on any atom is 0.0651 e. The minimum Gasteiger partial charge on any atom is -0.379 e. The van der Waals surface area contributed by atoms with Crippen LogP contribution in [0.3, 0.4) is 0 Å². The van der Waals surface area contributed by atoms with Crippen LogP contribution in [0.4, 0.5) is 0 Å². The van der Waals surface area contributed by atoms with Crippen molar-refractivity contribution in [3.8, 4) is 0 Å². The summed E-state index contributed by atoms with van der Waals surface area (Å²) in [6, 6.07) is 0.616. The Hall–Kier alpha value is -0.0800. The monoisotopic (exact) mass is 199 g/mol. The second-order valence-corrected chi connectivity index (χ2v) is 5.16. The van der Waals surface area contributed by atoms with E-state index in [0.717, 1.165) is 5.92 Å². The van der Waals surface area contributed by atoms with Crippen molar-refractivity contribution in [1.82, 2.24) is 5.32 Å². The predicted octanol–water partition coefficient (Wildman–Crippen LogP) is 2.58. The first kappa shape index (κ1) is 12.0. The summed E-state index contributed by atoms with van der Waals surface area (Å²) in [4.78, 5) is 0. The summed E-state index contributed by atoms with van der Waals surface area (Å²) in [7, 11) is 1.84. The average Bonchev–Trinajstić information content (AvgIpc) is 2.17. The molecule has 0 heterocycles. The molecule has 0 aromatic rings. The Morgan fingerprint density at radius 3 is 2.36 bits per heavy atom. The predicted molar refractivity (Wildman–Crippen MR) is 60.5 cm³/mol. The van der Waals surface area contributed by atoms with Crippen molar-refractivity contribution < 1.29 is 4.74 Å². The van der Waals surface area contributed by atoms with Gasteiger partial charge in [-0.15, -0.1) is 0 Å². The summed E-state index contributed by atoms with van der Waals surface area (Å²) in [5, 5.41) is 3.52. The molecule has 0 unspecified atom stereocenters. The van der Waals surface area contributed by atoms with Crippen molar-refractivity contribution in [1.29, 1.82) is 0 Å². The maximum absolute atomic E-state index is 5.53. The highest BCUT2D eigenvalue weighted by Crippen LogP contribution is 2.33. The molecule has 0 aliphatic heterocycles. The maximum atomic E-state index is 5.53. The molecule has 14 heavy (non-hydrogen) atoms. The third-order valence-corrected chi connectivity index (χ3v) is 3.47. The number of ether oxygens (including phenoxy) is 1. The Labute approximate surface area is 88.4 Å². The summed E-state index contributed by atoms with van der Waals surface area (Å²) in [6.45, 7) is 7.83. The number of hydrogen-bond acceptors (Lipinski definition) is 2. The summed E-state index contributed by atoms with van der Waals surface area (Å²) >= 11 is 0. The van der Waals surface area contributed by atoms with Gasteiger partial charge < -0.3 is 10.1 Å². The van der Waals surface area contributed by atoms with Gasteiger partial charge in [-0.1, -0.05) is 13.8 Å². The number of nitrogens with one attached hydrogen (secondary N) is 1. The highest BCUT2D eigenvalue weighted by molar-refractivity contribution is 4.83. The lowest BCUT2D eigenvalue weighted by Crippen LogP contribution is -2.37. The topological polar surface area (TPSA) is 21.3 Å². The van der Waals surface area contributed by atoms with Gasteiger partial charge in [-0.05, 0) is 45.1 Å². The van der Waals surface area contributed by atoms with Crippen LogP contribution in [0.1, 0.15) is 46.5 Å². The van der Waals surface area contributed by atoms with Crippen LogP contribution in [0.2, 0.25) is 0 Å². The molecule has 0 aromatic carbocycles. The zero-order chi connectivity index (χ0) is 10.6. The van der Waals surface area contributed by atoms with Gasteiger partial charge in [0.1, 0.15) is 0 Å². The van der Waals surface area contributed by atoms with E-state index in [4.69, 9.17) is 4.74 Å². The second-order valence-electron chi connectivity index (χ2n) is 5.16. The van der Waals surface area contributed by atoms with Crippen LogP contribution in [0.25, 0.3) is 0 Å². The average molecular weight is 199 g/mol. The first-order valence-electron chi connectivity index (χ1n) is 5.84. The lowest BCUT2D eigenvalue weighted by molar-refractivity contribution is -0.0337. The minimum atomic E-state index is 0.161. The van der Waals surface area contributed by atoms with Crippen LogP contribution >= 0.6 is 0 Å². The van der Waals surface area contributed by atoms with Gasteiger partial charge in [0.25, 0.3) is 0 Å². The van der Waals surface area contributed by atoms with E-state index in [0.29, 0.717) is 6.04 Å². The van der Waals surface area contributed by atoms with E-state index in [-0.39, 0.29) is 5.60 Å². The first-order chi connectivity index (χ1) is 6.56. The number of hydrogen-bond donors (Lipinski definition) is 1. The molecular weight excluding hydrogens is 174 g/mol. The molecule has 1 aliphatic rings. The Morgan fingerprint density at radius 1 is 1.36 bits per heavy atom. The molecule has 0 saturated heterocycles. The molecule has 0 atom stereocenters. The van der Waals surface area contributed by atoms with Crippen molar-refractivity contribution in [2.45, 2.75) is 58.1 Å². The van der Waals surface area contributed by atoms with Gasteiger partial charge in [0.2, 0.25) is 0 Å². The van der Waals surface area contributed by atoms with Crippen molar-refractivity contribution in [2.75, 3.05) is 13.7 Å². The molecule has 0 radical (unpaired) electrons. The normalized spacial score (nSPS) is 33.6. The summed E-state index contributed by atoms with van der Waals surface area (Å²) < 4.78 is 5.53. The third-order valence-electron chi connectivity index (χ3n) is 3.47. The SMILES string of the molecule is CO[C@]1(C)CC[C@@H](CNC(C)C)CC1. The molecule has 1 aliphatic carbocycles. The third kappa shape index (κ3) is 3.58. The molecule has 0 aromatic heterocycles. The van der Waals surface area contributed by atoms with Crippen LogP contribution in [-0.4, -0.2) is 25.3 Å². The van der Waals surface area contributed by atoms with Gasteiger partial charge in [-0.25, -0.2) is 0 Å². The fourth-order valence-corrected chi connectivity index (χ4v) is 2.10. The van der Waals surface area contributed by atoms with Crippen LogP contribution in [0.15, 0.2) is 0 Å². The van der Waals surface area contributed by atoms with E-state index >= 15 is 0 Å². The highest BCUT2D eigenvalue weighted by atomic mass is 16.5. The van der Waals surface area contributed by atoms with Gasteiger partial charge in [0.05, 0.1) is 5.60 Å². The lowest BCUT2D eigenvalue weighted by Gasteiger charge is -2.36. The van der Waals surface area contributed by atoms with E-state index in [1.165, 1.54) is 32.2 Å². The van der Waals surface area contributed by atoms with Crippen LogP contribution in [-0.2, 0) is 4.74 Å². The number of methoxy groups -OCH3 is 1. The molecule has 2 heteroatoms. The fraction of sp³-hybridized carbons (Fsp3) is 1.00. The molecule has 1 N–H and O–H groups in total. The Balaban J connectivity index is 2.22. The molecule has 0 bridgehead atoms. The van der Waals surface area contributed by atoms with E-state index in [9.17, 15) is 0 Å².